The zero-order valence-electron chi connectivity index (χ0n) is 15.3. The summed E-state index contributed by atoms with van der Waals surface area (Å²) < 4.78 is 5.13. The third kappa shape index (κ3) is 2.40. The molecule has 5 rings (SSSR count). The number of carbonyl (C=O) groups is 1. The first-order valence-electron chi connectivity index (χ1n) is 9.96. The number of hydrogen-bond donors (Lipinski definition) is 0. The Labute approximate surface area is 154 Å². The standard InChI is InChI=1S/C23H25NO2/c1-26-23(25)18-7-4-6-17-16(18)11-9-14-10-12-21-19(22(14)17)13-15-5-2-3-8-20(15)24-21/h2-3,5,8,13-14,16,18H,4,6-7,9-12H2,1H3. The van der Waals surface area contributed by atoms with Crippen LogP contribution in [0.25, 0.3) is 16.5 Å². The van der Waals surface area contributed by atoms with Gasteiger partial charge in [-0.25, -0.2) is 0 Å². The molecule has 3 atom stereocenters. The fourth-order valence-electron chi connectivity index (χ4n) is 5.64. The van der Waals surface area contributed by atoms with Crippen molar-refractivity contribution < 1.29 is 9.53 Å². The summed E-state index contributed by atoms with van der Waals surface area (Å²) in [6.45, 7) is 0. The van der Waals surface area contributed by atoms with Gasteiger partial charge >= 0.3 is 5.97 Å². The number of ether oxygens (including phenoxy) is 1. The molecule has 3 unspecified atom stereocenters. The Bertz CT molecular complexity index is 914. The first kappa shape index (κ1) is 16.0. The van der Waals surface area contributed by atoms with Crippen LogP contribution in [0.4, 0.5) is 0 Å². The highest BCUT2D eigenvalue weighted by Crippen LogP contribution is 2.52. The van der Waals surface area contributed by atoms with Gasteiger partial charge in [0.2, 0.25) is 0 Å². The van der Waals surface area contributed by atoms with Crippen molar-refractivity contribution in [3.8, 4) is 0 Å². The second-order valence-electron chi connectivity index (χ2n) is 8.06. The number of benzene rings is 1. The lowest BCUT2D eigenvalue weighted by Crippen LogP contribution is -2.34. The number of aromatic nitrogens is 1. The summed E-state index contributed by atoms with van der Waals surface area (Å²) in [7, 11) is 1.53. The van der Waals surface area contributed by atoms with Gasteiger partial charge in [0.15, 0.2) is 0 Å². The molecule has 1 aromatic carbocycles. The van der Waals surface area contributed by atoms with Crippen LogP contribution in [0.2, 0.25) is 0 Å². The minimum atomic E-state index is -0.0149. The quantitative estimate of drug-likeness (QED) is 0.686. The van der Waals surface area contributed by atoms with Crippen LogP contribution in [0.3, 0.4) is 0 Å². The van der Waals surface area contributed by atoms with E-state index < -0.39 is 0 Å². The number of rotatable bonds is 1. The van der Waals surface area contributed by atoms with E-state index in [9.17, 15) is 4.79 Å². The summed E-state index contributed by atoms with van der Waals surface area (Å²) in [5.41, 5.74) is 6.79. The molecule has 0 bridgehead atoms. The summed E-state index contributed by atoms with van der Waals surface area (Å²) in [4.78, 5) is 17.3. The topological polar surface area (TPSA) is 39.2 Å². The van der Waals surface area contributed by atoms with Crippen molar-refractivity contribution >= 4 is 22.4 Å². The van der Waals surface area contributed by atoms with Gasteiger partial charge < -0.3 is 4.74 Å². The number of fused-ring (bicyclic) bond motifs is 5. The SMILES string of the molecule is COC(=O)C1CCCC2=C3c4cc5ccccc5nc4CCC3CCC21. The van der Waals surface area contributed by atoms with Crippen molar-refractivity contribution in [2.75, 3.05) is 7.11 Å². The molecule has 0 amide bonds. The lowest BCUT2D eigenvalue weighted by atomic mass is 9.62. The molecular formula is C23H25NO2. The fraction of sp³-hybridized carbons (Fsp3) is 0.478. The van der Waals surface area contributed by atoms with Crippen LogP contribution in [0.15, 0.2) is 35.9 Å². The molecule has 0 aliphatic heterocycles. The largest absolute Gasteiger partial charge is 0.469 e. The zero-order valence-corrected chi connectivity index (χ0v) is 15.3. The summed E-state index contributed by atoms with van der Waals surface area (Å²) in [6, 6.07) is 10.8. The fourth-order valence-corrected chi connectivity index (χ4v) is 5.64. The van der Waals surface area contributed by atoms with Gasteiger partial charge in [-0.05, 0) is 74.5 Å². The normalized spacial score (nSPS) is 27.5. The molecule has 0 saturated heterocycles. The summed E-state index contributed by atoms with van der Waals surface area (Å²) >= 11 is 0. The molecule has 0 radical (unpaired) electrons. The maximum Gasteiger partial charge on any atom is 0.309 e. The molecule has 0 N–H and O–H groups in total. The molecule has 1 heterocycles. The Morgan fingerprint density at radius 3 is 2.88 bits per heavy atom. The van der Waals surface area contributed by atoms with Crippen molar-refractivity contribution in [3.63, 3.8) is 0 Å². The van der Waals surface area contributed by atoms with Crippen LogP contribution in [-0.4, -0.2) is 18.1 Å². The molecule has 26 heavy (non-hydrogen) atoms. The Balaban J connectivity index is 1.68. The van der Waals surface area contributed by atoms with Crippen molar-refractivity contribution in [3.05, 3.63) is 47.2 Å². The summed E-state index contributed by atoms with van der Waals surface area (Å²) in [6.07, 6.45) is 7.82. The van der Waals surface area contributed by atoms with E-state index in [1.54, 1.807) is 5.57 Å². The predicted molar refractivity (Wildman–Crippen MR) is 103 cm³/mol. The van der Waals surface area contributed by atoms with Crippen LogP contribution in [-0.2, 0) is 16.0 Å². The average Bonchev–Trinajstić information content (AvgIpc) is 2.70. The minimum absolute atomic E-state index is 0.0149. The summed E-state index contributed by atoms with van der Waals surface area (Å²) in [5, 5.41) is 1.22. The highest BCUT2D eigenvalue weighted by molar-refractivity contribution is 5.86. The minimum Gasteiger partial charge on any atom is -0.469 e. The smallest absolute Gasteiger partial charge is 0.309 e. The number of carbonyl (C=O) groups excluding carboxylic acids is 1. The molecule has 2 aromatic rings. The number of para-hydroxylation sites is 1. The Morgan fingerprint density at radius 2 is 2.00 bits per heavy atom. The molecule has 1 fully saturated rings. The van der Waals surface area contributed by atoms with Crippen LogP contribution < -0.4 is 0 Å². The second-order valence-corrected chi connectivity index (χ2v) is 8.06. The van der Waals surface area contributed by atoms with Crippen molar-refractivity contribution in [2.45, 2.75) is 44.9 Å². The van der Waals surface area contributed by atoms with E-state index in [0.29, 0.717) is 11.8 Å². The predicted octanol–water partition coefficient (Wildman–Crippen LogP) is 4.93. The monoisotopic (exact) mass is 347 g/mol. The van der Waals surface area contributed by atoms with Crippen molar-refractivity contribution in [1.29, 1.82) is 0 Å². The third-order valence-electron chi connectivity index (χ3n) is 6.80. The number of methoxy groups -OCH3 is 1. The molecule has 3 heteroatoms. The van der Waals surface area contributed by atoms with E-state index in [4.69, 9.17) is 9.72 Å². The van der Waals surface area contributed by atoms with E-state index in [2.05, 4.69) is 30.3 Å². The maximum absolute atomic E-state index is 12.3. The van der Waals surface area contributed by atoms with Gasteiger partial charge in [0.25, 0.3) is 0 Å². The highest BCUT2D eigenvalue weighted by Gasteiger charge is 2.41. The van der Waals surface area contributed by atoms with E-state index in [1.807, 2.05) is 0 Å². The Hall–Kier alpha value is -2.16. The first-order chi connectivity index (χ1) is 12.8. The van der Waals surface area contributed by atoms with Crippen LogP contribution >= 0.6 is 0 Å². The maximum atomic E-state index is 12.3. The number of esters is 1. The summed E-state index contributed by atoms with van der Waals surface area (Å²) in [5.74, 6) is 1.06. The van der Waals surface area contributed by atoms with Gasteiger partial charge in [-0.3, -0.25) is 9.78 Å². The Morgan fingerprint density at radius 1 is 1.12 bits per heavy atom. The number of pyridine rings is 1. The van der Waals surface area contributed by atoms with E-state index >= 15 is 0 Å². The molecular weight excluding hydrogens is 322 g/mol. The van der Waals surface area contributed by atoms with Gasteiger partial charge in [0.1, 0.15) is 0 Å². The number of hydrogen-bond acceptors (Lipinski definition) is 3. The number of nitrogens with zero attached hydrogens (tertiary/aromatic N) is 1. The van der Waals surface area contributed by atoms with Crippen LogP contribution in [0.5, 0.6) is 0 Å². The number of aryl methyl sites for hydroxylation is 1. The van der Waals surface area contributed by atoms with Crippen molar-refractivity contribution in [2.24, 2.45) is 17.8 Å². The van der Waals surface area contributed by atoms with Gasteiger partial charge in [-0.1, -0.05) is 23.8 Å². The van der Waals surface area contributed by atoms with E-state index in [0.717, 1.165) is 37.6 Å². The molecule has 134 valence electrons. The zero-order chi connectivity index (χ0) is 17.7. The molecule has 1 aromatic heterocycles. The van der Waals surface area contributed by atoms with Gasteiger partial charge in [0, 0.05) is 16.6 Å². The lowest BCUT2D eigenvalue weighted by Gasteiger charge is -2.42. The molecule has 3 nitrogen and oxygen atoms in total. The van der Waals surface area contributed by atoms with E-state index in [1.165, 1.54) is 42.2 Å². The molecule has 3 aliphatic carbocycles. The van der Waals surface area contributed by atoms with E-state index in [-0.39, 0.29) is 11.9 Å². The Kier molecular flexibility index (Phi) is 3.84. The average molecular weight is 347 g/mol. The van der Waals surface area contributed by atoms with Crippen molar-refractivity contribution in [1.82, 2.24) is 4.98 Å². The van der Waals surface area contributed by atoms with Gasteiger partial charge in [0.05, 0.1) is 18.5 Å². The highest BCUT2D eigenvalue weighted by atomic mass is 16.5. The van der Waals surface area contributed by atoms with Gasteiger partial charge in [-0.15, -0.1) is 0 Å². The third-order valence-corrected chi connectivity index (χ3v) is 6.80. The lowest BCUT2D eigenvalue weighted by molar-refractivity contribution is -0.148. The van der Waals surface area contributed by atoms with Crippen LogP contribution in [0.1, 0.15) is 49.8 Å². The number of allylic oxidation sites excluding steroid dienone is 2. The molecule has 1 saturated carbocycles. The second kappa shape index (κ2) is 6.22. The van der Waals surface area contributed by atoms with Gasteiger partial charge in [-0.2, -0.15) is 0 Å². The van der Waals surface area contributed by atoms with Crippen LogP contribution in [0, 0.1) is 17.8 Å². The molecule has 3 aliphatic rings. The molecule has 0 spiro atoms. The first-order valence-corrected chi connectivity index (χ1v) is 9.96.